The zero-order valence-electron chi connectivity index (χ0n) is 20.3. The zero-order chi connectivity index (χ0) is 27.4. The molecule has 1 heterocycles. The number of carbonyl (C=O) groups excluding carboxylic acids is 2. The van der Waals surface area contributed by atoms with Crippen molar-refractivity contribution >= 4 is 23.2 Å². The number of nitrogens with one attached hydrogen (secondary N) is 1. The van der Waals surface area contributed by atoms with Crippen LogP contribution < -0.4 is 10.1 Å². The highest BCUT2D eigenvalue weighted by Crippen LogP contribution is 2.34. The molecule has 11 heteroatoms. The van der Waals surface area contributed by atoms with Crippen LogP contribution in [0, 0.1) is 10.1 Å². The number of amides is 2. The van der Waals surface area contributed by atoms with E-state index in [1.807, 2.05) is 12.1 Å². The van der Waals surface area contributed by atoms with Crippen LogP contribution >= 0.6 is 0 Å². The number of likely N-dealkylation sites (tertiary alicyclic amines) is 1. The maximum atomic E-state index is 13.3. The Morgan fingerprint density at radius 2 is 1.68 bits per heavy atom. The molecule has 198 valence electrons. The van der Waals surface area contributed by atoms with E-state index in [4.69, 9.17) is 4.74 Å². The minimum Gasteiger partial charge on any atom is -0.490 e. The van der Waals surface area contributed by atoms with Crippen molar-refractivity contribution in [2.75, 3.05) is 25.5 Å². The van der Waals surface area contributed by atoms with Crippen LogP contribution in [0.15, 0.2) is 66.7 Å². The molecule has 0 saturated carbocycles. The lowest BCUT2D eigenvalue weighted by atomic mass is 9.89. The van der Waals surface area contributed by atoms with Gasteiger partial charge in [-0.05, 0) is 54.7 Å². The van der Waals surface area contributed by atoms with Crippen LogP contribution in [0.25, 0.3) is 0 Å². The minimum absolute atomic E-state index is 0.0234. The summed E-state index contributed by atoms with van der Waals surface area (Å²) in [6.07, 6.45) is -3.42. The fourth-order valence-corrected chi connectivity index (χ4v) is 4.51. The molecule has 0 aliphatic carbocycles. The minimum atomic E-state index is -4.60. The number of rotatable bonds is 6. The van der Waals surface area contributed by atoms with E-state index in [0.717, 1.165) is 11.6 Å². The second kappa shape index (κ2) is 10.9. The number of hydrogen-bond donors (Lipinski definition) is 1. The summed E-state index contributed by atoms with van der Waals surface area (Å²) < 4.78 is 45.0. The Balaban J connectivity index is 1.37. The number of hydrogen-bond acceptors (Lipinski definition) is 5. The van der Waals surface area contributed by atoms with Gasteiger partial charge in [-0.25, -0.2) is 0 Å². The summed E-state index contributed by atoms with van der Waals surface area (Å²) in [4.78, 5) is 37.3. The number of methoxy groups -OCH3 is 1. The smallest absolute Gasteiger partial charge is 0.417 e. The van der Waals surface area contributed by atoms with Crippen LogP contribution in [-0.4, -0.2) is 41.8 Å². The van der Waals surface area contributed by atoms with Crippen LogP contribution in [-0.2, 0) is 6.18 Å². The fraction of sp³-hybridized carbons (Fsp3) is 0.259. The Hall–Kier alpha value is -4.41. The van der Waals surface area contributed by atoms with Gasteiger partial charge in [0.25, 0.3) is 11.8 Å². The van der Waals surface area contributed by atoms with E-state index >= 15 is 0 Å². The first-order valence-electron chi connectivity index (χ1n) is 11.8. The number of ether oxygens (including phenoxy) is 1. The summed E-state index contributed by atoms with van der Waals surface area (Å²) in [5.41, 5.74) is 0.183. The van der Waals surface area contributed by atoms with Crippen molar-refractivity contribution in [2.24, 2.45) is 0 Å². The second-order valence-corrected chi connectivity index (χ2v) is 8.83. The van der Waals surface area contributed by atoms with Crippen LogP contribution in [0.4, 0.5) is 24.5 Å². The monoisotopic (exact) mass is 527 g/mol. The van der Waals surface area contributed by atoms with Crippen molar-refractivity contribution < 1.29 is 32.4 Å². The lowest BCUT2D eigenvalue weighted by Gasteiger charge is -2.33. The van der Waals surface area contributed by atoms with Crippen molar-refractivity contribution in [3.63, 3.8) is 0 Å². The number of nitrogens with zero attached hydrogens (tertiary/aromatic N) is 2. The molecule has 0 radical (unpaired) electrons. The lowest BCUT2D eigenvalue weighted by molar-refractivity contribution is -0.385. The van der Waals surface area contributed by atoms with Gasteiger partial charge in [0.2, 0.25) is 0 Å². The van der Waals surface area contributed by atoms with Gasteiger partial charge in [0.05, 0.1) is 23.2 Å². The molecule has 2 amide bonds. The number of alkyl halides is 3. The number of piperidine rings is 1. The summed E-state index contributed by atoms with van der Waals surface area (Å²) >= 11 is 0. The van der Waals surface area contributed by atoms with E-state index in [1.54, 1.807) is 12.1 Å². The number of anilines is 1. The largest absolute Gasteiger partial charge is 0.490 e. The van der Waals surface area contributed by atoms with Gasteiger partial charge in [-0.2, -0.15) is 13.2 Å². The Bertz CT molecular complexity index is 1350. The van der Waals surface area contributed by atoms with Gasteiger partial charge in [0, 0.05) is 36.5 Å². The molecule has 1 saturated heterocycles. The molecule has 1 fully saturated rings. The first-order valence-corrected chi connectivity index (χ1v) is 11.8. The highest BCUT2D eigenvalue weighted by molar-refractivity contribution is 6.04. The van der Waals surface area contributed by atoms with E-state index in [0.29, 0.717) is 31.6 Å². The first kappa shape index (κ1) is 26.6. The zero-order valence-corrected chi connectivity index (χ0v) is 20.3. The molecular weight excluding hydrogens is 503 g/mol. The number of nitro groups is 1. The quantitative estimate of drug-likeness (QED) is 0.318. The van der Waals surface area contributed by atoms with E-state index in [2.05, 4.69) is 5.32 Å². The third-order valence-corrected chi connectivity index (χ3v) is 6.52. The molecule has 1 aliphatic heterocycles. The number of benzene rings is 3. The lowest BCUT2D eigenvalue weighted by Crippen LogP contribution is -2.38. The van der Waals surface area contributed by atoms with Crippen molar-refractivity contribution in [2.45, 2.75) is 24.9 Å². The molecule has 38 heavy (non-hydrogen) atoms. The standard InChI is InChI=1S/C27H24F3N3O5/c1-38-24-16-19(8-11-23(24)33(36)37)25(34)31-20-9-6-17(7-10-20)18-12-14-32(15-13-18)26(35)21-4-2-3-5-22(21)27(28,29)30/h2-11,16,18H,12-15H2,1H3,(H,31,34). The van der Waals surface area contributed by atoms with E-state index in [9.17, 15) is 32.9 Å². The predicted molar refractivity (Wildman–Crippen MR) is 133 cm³/mol. The van der Waals surface area contributed by atoms with Gasteiger partial charge < -0.3 is 15.0 Å². The summed E-state index contributed by atoms with van der Waals surface area (Å²) in [5, 5.41) is 13.8. The topological polar surface area (TPSA) is 102 Å². The van der Waals surface area contributed by atoms with Crippen LogP contribution in [0.3, 0.4) is 0 Å². The molecule has 8 nitrogen and oxygen atoms in total. The summed E-state index contributed by atoms with van der Waals surface area (Å²) in [7, 11) is 1.28. The van der Waals surface area contributed by atoms with Crippen molar-refractivity contribution in [3.8, 4) is 5.75 Å². The highest BCUT2D eigenvalue weighted by Gasteiger charge is 2.36. The average molecular weight is 527 g/mol. The Kier molecular flexibility index (Phi) is 7.65. The third-order valence-electron chi connectivity index (χ3n) is 6.52. The van der Waals surface area contributed by atoms with Crippen LogP contribution in [0.1, 0.15) is 50.6 Å². The molecule has 3 aromatic carbocycles. The molecule has 0 aromatic heterocycles. The third kappa shape index (κ3) is 5.77. The molecule has 3 aromatic rings. The molecule has 0 unspecified atom stereocenters. The highest BCUT2D eigenvalue weighted by atomic mass is 19.4. The second-order valence-electron chi connectivity index (χ2n) is 8.83. The Morgan fingerprint density at radius 1 is 1.03 bits per heavy atom. The van der Waals surface area contributed by atoms with Gasteiger partial charge in [-0.15, -0.1) is 0 Å². The average Bonchev–Trinajstić information content (AvgIpc) is 2.92. The number of halogens is 3. The van der Waals surface area contributed by atoms with E-state index in [1.165, 1.54) is 48.4 Å². The van der Waals surface area contributed by atoms with Crippen molar-refractivity contribution in [3.05, 3.63) is 99.1 Å². The maximum Gasteiger partial charge on any atom is 0.417 e. The molecule has 0 bridgehead atoms. The Morgan fingerprint density at radius 3 is 2.29 bits per heavy atom. The number of nitro benzene ring substituents is 1. The normalized spacial score (nSPS) is 14.2. The SMILES string of the molecule is COc1cc(C(=O)Nc2ccc(C3CCN(C(=O)c4ccccc4C(F)(F)F)CC3)cc2)ccc1[N+](=O)[O-]. The Labute approximate surface area is 216 Å². The summed E-state index contributed by atoms with van der Waals surface area (Å²) in [5.74, 6) is -1.00. The molecule has 1 N–H and O–H groups in total. The first-order chi connectivity index (χ1) is 18.1. The van der Waals surface area contributed by atoms with Gasteiger partial charge in [-0.1, -0.05) is 24.3 Å². The van der Waals surface area contributed by atoms with Gasteiger partial charge in [-0.3, -0.25) is 19.7 Å². The maximum absolute atomic E-state index is 13.3. The van der Waals surface area contributed by atoms with Gasteiger partial charge in [0.1, 0.15) is 0 Å². The van der Waals surface area contributed by atoms with Crippen LogP contribution in [0.5, 0.6) is 5.75 Å². The van der Waals surface area contributed by atoms with Gasteiger partial charge >= 0.3 is 11.9 Å². The van der Waals surface area contributed by atoms with Crippen LogP contribution in [0.2, 0.25) is 0 Å². The molecule has 0 atom stereocenters. The van der Waals surface area contributed by atoms with Gasteiger partial charge in [0.15, 0.2) is 5.75 Å². The summed E-state index contributed by atoms with van der Waals surface area (Å²) in [6, 6.07) is 15.8. The summed E-state index contributed by atoms with van der Waals surface area (Å²) in [6.45, 7) is 0.659. The molecular formula is C27H24F3N3O5. The number of carbonyl (C=O) groups is 2. The molecule has 4 rings (SSSR count). The van der Waals surface area contributed by atoms with E-state index < -0.39 is 28.5 Å². The van der Waals surface area contributed by atoms with Crippen molar-refractivity contribution in [1.29, 1.82) is 0 Å². The van der Waals surface area contributed by atoms with E-state index in [-0.39, 0.29) is 28.5 Å². The molecule has 1 aliphatic rings. The van der Waals surface area contributed by atoms with Crippen molar-refractivity contribution in [1.82, 2.24) is 4.90 Å². The molecule has 0 spiro atoms. The fourth-order valence-electron chi connectivity index (χ4n) is 4.51. The predicted octanol–water partition coefficient (Wildman–Crippen LogP) is 5.89.